The van der Waals surface area contributed by atoms with Crippen LogP contribution in [0.5, 0.6) is 0 Å². The van der Waals surface area contributed by atoms with E-state index in [9.17, 15) is 61.0 Å². The average molecular weight is 805 g/mol. The van der Waals surface area contributed by atoms with Gasteiger partial charge in [0.1, 0.15) is 73.2 Å². The van der Waals surface area contributed by atoms with E-state index < -0.39 is 129 Å². The highest BCUT2D eigenvalue weighted by atomic mass is 16.7. The SMILES string of the molecule is C=C1C[C@]23CC[C@@H]4[C@](C)(CCC[C@@]4(C)C(=O)O[C@@H]4O[C@H](CO)[C@@H](O)[C@H](O)[C@H]4O)[C@H]2CC[C@@]1(O[C@@H]1O[C@H](CO)[C@@H](O)[C@H](O[C@@H]2O[C@H](CO)[C@@H](O)[C@H](O)[C@H]2O)[C@H]1O)C3. The lowest BCUT2D eigenvalue weighted by atomic mass is 9.41. The van der Waals surface area contributed by atoms with Gasteiger partial charge in [-0.3, -0.25) is 4.79 Å². The van der Waals surface area contributed by atoms with Crippen LogP contribution < -0.4 is 0 Å². The maximum atomic E-state index is 14.1. The fraction of sp³-hybridized carbons (Fsp3) is 0.921. The smallest absolute Gasteiger partial charge is 0.314 e. The molecule has 18 heteroatoms. The van der Waals surface area contributed by atoms with Crippen molar-refractivity contribution in [1.82, 2.24) is 0 Å². The Bertz CT molecular complexity index is 1450. The van der Waals surface area contributed by atoms with Gasteiger partial charge in [0.25, 0.3) is 0 Å². The topological polar surface area (TPSA) is 295 Å². The molecule has 18 nitrogen and oxygen atoms in total. The summed E-state index contributed by atoms with van der Waals surface area (Å²) in [5.41, 5.74) is -1.72. The Hall–Kier alpha value is -1.43. The van der Waals surface area contributed by atoms with Gasteiger partial charge < -0.3 is 84.6 Å². The van der Waals surface area contributed by atoms with Gasteiger partial charge in [-0.25, -0.2) is 0 Å². The number of hydrogen-bond donors (Lipinski definition) is 11. The molecule has 320 valence electrons. The van der Waals surface area contributed by atoms with Crippen molar-refractivity contribution in [3.63, 3.8) is 0 Å². The van der Waals surface area contributed by atoms with E-state index in [1.54, 1.807) is 0 Å². The summed E-state index contributed by atoms with van der Waals surface area (Å²) in [6, 6.07) is 0. The van der Waals surface area contributed by atoms with Gasteiger partial charge in [0.05, 0.1) is 30.8 Å². The molecule has 21 atom stereocenters. The molecule has 4 aliphatic carbocycles. The van der Waals surface area contributed by atoms with Gasteiger partial charge in [0.2, 0.25) is 6.29 Å². The summed E-state index contributed by atoms with van der Waals surface area (Å²) in [4.78, 5) is 14.1. The van der Waals surface area contributed by atoms with Crippen LogP contribution in [0.4, 0.5) is 0 Å². The largest absolute Gasteiger partial charge is 0.432 e. The van der Waals surface area contributed by atoms with Crippen molar-refractivity contribution in [3.05, 3.63) is 12.2 Å². The molecule has 0 aromatic heterocycles. The van der Waals surface area contributed by atoms with E-state index in [1.165, 1.54) is 0 Å². The maximum Gasteiger partial charge on any atom is 0.314 e. The third-order valence-corrected chi connectivity index (χ3v) is 15.0. The van der Waals surface area contributed by atoms with Crippen LogP contribution in [0.2, 0.25) is 0 Å². The van der Waals surface area contributed by atoms with Crippen molar-refractivity contribution in [3.8, 4) is 0 Å². The van der Waals surface area contributed by atoms with Crippen molar-refractivity contribution < 1.29 is 89.4 Å². The Kier molecular flexibility index (Phi) is 11.9. The summed E-state index contributed by atoms with van der Waals surface area (Å²) >= 11 is 0. The second-order valence-corrected chi connectivity index (χ2v) is 18.0. The number of hydrogen-bond acceptors (Lipinski definition) is 18. The van der Waals surface area contributed by atoms with Gasteiger partial charge >= 0.3 is 5.97 Å². The second-order valence-electron chi connectivity index (χ2n) is 18.0. The zero-order chi connectivity index (χ0) is 40.7. The molecule has 56 heavy (non-hydrogen) atoms. The van der Waals surface area contributed by atoms with Crippen molar-refractivity contribution in [2.45, 2.75) is 169 Å². The normalized spacial score (nSPS) is 54.6. The first-order chi connectivity index (χ1) is 26.4. The summed E-state index contributed by atoms with van der Waals surface area (Å²) in [6.07, 6.45) is -17.7. The number of aliphatic hydroxyl groups excluding tert-OH is 11. The highest BCUT2D eigenvalue weighted by Crippen LogP contribution is 2.73. The van der Waals surface area contributed by atoms with Gasteiger partial charge in [0.15, 0.2) is 12.6 Å². The number of carbonyl (C=O) groups is 1. The second kappa shape index (κ2) is 15.6. The molecular weight excluding hydrogens is 744 g/mol. The molecule has 7 aliphatic rings. The lowest BCUT2D eigenvalue weighted by Crippen LogP contribution is -2.65. The summed E-state index contributed by atoms with van der Waals surface area (Å²) in [5, 5.41) is 114. The first-order valence-electron chi connectivity index (χ1n) is 19.9. The molecule has 1 spiro atoms. The molecule has 7 fully saturated rings. The van der Waals surface area contributed by atoms with Crippen LogP contribution in [0.1, 0.15) is 71.6 Å². The van der Waals surface area contributed by atoms with Crippen LogP contribution in [0, 0.1) is 28.1 Å². The summed E-state index contributed by atoms with van der Waals surface area (Å²) in [6.45, 7) is 6.50. The Labute approximate surface area is 324 Å². The molecule has 7 rings (SSSR count). The van der Waals surface area contributed by atoms with E-state index >= 15 is 0 Å². The number of fused-ring (bicyclic) bond motifs is 3. The highest BCUT2D eigenvalue weighted by Gasteiger charge is 2.69. The minimum Gasteiger partial charge on any atom is -0.432 e. The first kappa shape index (κ1) is 42.7. The molecular formula is C38H60O18. The molecule has 0 amide bonds. The monoisotopic (exact) mass is 804 g/mol. The van der Waals surface area contributed by atoms with E-state index in [2.05, 4.69) is 13.5 Å². The zero-order valence-corrected chi connectivity index (χ0v) is 31.8. The molecule has 3 aliphatic heterocycles. The molecule has 11 N–H and O–H groups in total. The fourth-order valence-electron chi connectivity index (χ4n) is 12.0. The van der Waals surface area contributed by atoms with Crippen LogP contribution >= 0.6 is 0 Å². The number of ether oxygens (including phenoxy) is 6. The molecule has 4 saturated carbocycles. The average Bonchev–Trinajstić information content (AvgIpc) is 3.37. The third-order valence-electron chi connectivity index (χ3n) is 15.0. The van der Waals surface area contributed by atoms with Crippen molar-refractivity contribution in [2.24, 2.45) is 28.1 Å². The van der Waals surface area contributed by atoms with Crippen LogP contribution in [-0.4, -0.2) is 180 Å². The van der Waals surface area contributed by atoms with Crippen LogP contribution in [0.3, 0.4) is 0 Å². The number of esters is 1. The van der Waals surface area contributed by atoms with Crippen LogP contribution in [-0.2, 0) is 33.2 Å². The number of rotatable bonds is 9. The Morgan fingerprint density at radius 2 is 1.23 bits per heavy atom. The van der Waals surface area contributed by atoms with E-state index in [4.69, 9.17) is 28.4 Å². The van der Waals surface area contributed by atoms with Crippen molar-refractivity contribution in [2.75, 3.05) is 19.8 Å². The standard InChI is InChI=1S/C38H60O18/c1-16-11-37-9-5-20-35(2,7-4-8-36(20,3)34(50)55-32-28(48)26(46)23(43)18(13-40)52-32)21(37)6-10-38(16,15-37)56-33-29(49)30(24(44)19(14-41)53-33)54-31-27(47)25(45)22(42)17(12-39)51-31/h17-33,39-49H,1,4-15H2,2-3H3/t17-,18-,19-,20-,21-,22-,23-,24-,25+,26+,27-,28-,29-,30+,31+,32+,33+,35+,36-,37+,38-/m1/s1. The number of aliphatic hydroxyl groups is 11. The predicted molar refractivity (Wildman–Crippen MR) is 186 cm³/mol. The summed E-state index contributed by atoms with van der Waals surface area (Å²) < 4.78 is 35.1. The Morgan fingerprint density at radius 1 is 0.679 bits per heavy atom. The molecule has 3 saturated heterocycles. The van der Waals surface area contributed by atoms with Gasteiger partial charge in [0, 0.05) is 0 Å². The maximum absolute atomic E-state index is 14.1. The zero-order valence-electron chi connectivity index (χ0n) is 31.8. The van der Waals surface area contributed by atoms with Crippen LogP contribution in [0.15, 0.2) is 12.2 Å². The molecule has 0 aromatic carbocycles. The van der Waals surface area contributed by atoms with Crippen molar-refractivity contribution in [1.29, 1.82) is 0 Å². The highest BCUT2D eigenvalue weighted by molar-refractivity contribution is 5.77. The molecule has 0 radical (unpaired) electrons. The van der Waals surface area contributed by atoms with E-state index in [0.29, 0.717) is 38.5 Å². The molecule has 2 bridgehead atoms. The third kappa shape index (κ3) is 6.69. The van der Waals surface area contributed by atoms with Gasteiger partial charge in [-0.2, -0.15) is 0 Å². The van der Waals surface area contributed by atoms with Crippen molar-refractivity contribution >= 4 is 5.97 Å². The molecule has 3 heterocycles. The summed E-state index contributed by atoms with van der Waals surface area (Å²) in [5.74, 6) is -0.562. The van der Waals surface area contributed by atoms with E-state index in [0.717, 1.165) is 24.8 Å². The summed E-state index contributed by atoms with van der Waals surface area (Å²) in [7, 11) is 0. The molecule has 0 aromatic rings. The lowest BCUT2D eigenvalue weighted by Gasteiger charge is -2.64. The fourth-order valence-corrected chi connectivity index (χ4v) is 12.0. The Morgan fingerprint density at radius 3 is 1.86 bits per heavy atom. The lowest BCUT2D eigenvalue weighted by molar-refractivity contribution is -0.369. The first-order valence-corrected chi connectivity index (χ1v) is 19.9. The van der Waals surface area contributed by atoms with Gasteiger partial charge in [-0.1, -0.05) is 19.9 Å². The Balaban J connectivity index is 1.07. The van der Waals surface area contributed by atoms with E-state index in [-0.39, 0.29) is 22.7 Å². The minimum absolute atomic E-state index is 0.116. The van der Waals surface area contributed by atoms with Crippen LogP contribution in [0.25, 0.3) is 0 Å². The van der Waals surface area contributed by atoms with Gasteiger partial charge in [-0.15, -0.1) is 0 Å². The quantitative estimate of drug-likeness (QED) is 0.0631. The number of carbonyl (C=O) groups excluding carboxylic acids is 1. The van der Waals surface area contributed by atoms with E-state index in [1.807, 2.05) is 6.92 Å². The van der Waals surface area contributed by atoms with Gasteiger partial charge in [-0.05, 0) is 86.5 Å². The molecule has 0 unspecified atom stereocenters. The minimum atomic E-state index is -1.81. The predicted octanol–water partition coefficient (Wildman–Crippen LogP) is -2.94.